The van der Waals surface area contributed by atoms with Gasteiger partial charge in [0, 0.05) is 11.3 Å². The zero-order valence-corrected chi connectivity index (χ0v) is 14.9. The second kappa shape index (κ2) is 8.13. The second-order valence-electron chi connectivity index (χ2n) is 5.88. The summed E-state index contributed by atoms with van der Waals surface area (Å²) in [6, 6.07) is 11.8. The molecule has 0 saturated heterocycles. The van der Waals surface area contributed by atoms with Crippen LogP contribution < -0.4 is 15.4 Å². The van der Waals surface area contributed by atoms with Crippen LogP contribution in [0.5, 0.6) is 5.75 Å². The Morgan fingerprint density at radius 2 is 1.89 bits per heavy atom. The van der Waals surface area contributed by atoms with E-state index in [1.807, 2.05) is 26.0 Å². The molecule has 0 saturated carbocycles. The fourth-order valence-electron chi connectivity index (χ4n) is 2.41. The van der Waals surface area contributed by atoms with Crippen molar-refractivity contribution in [3.8, 4) is 17.2 Å². The maximum atomic E-state index is 11.9. The van der Waals surface area contributed by atoms with Crippen molar-refractivity contribution in [3.05, 3.63) is 60.0 Å². The Morgan fingerprint density at radius 1 is 1.11 bits per heavy atom. The first-order valence-corrected chi connectivity index (χ1v) is 8.19. The molecule has 0 spiro atoms. The predicted octanol–water partition coefficient (Wildman–Crippen LogP) is 3.08. The highest BCUT2D eigenvalue weighted by atomic mass is 16.5. The van der Waals surface area contributed by atoms with Gasteiger partial charge in [-0.1, -0.05) is 17.7 Å². The van der Waals surface area contributed by atoms with Gasteiger partial charge in [0.05, 0.1) is 0 Å². The van der Waals surface area contributed by atoms with Crippen LogP contribution in [0.2, 0.25) is 0 Å². The smallest absolute Gasteiger partial charge is 0.325 e. The number of carbonyl (C=O) groups is 2. The Labute approximate surface area is 155 Å². The third-order valence-electron chi connectivity index (χ3n) is 3.71. The van der Waals surface area contributed by atoms with Crippen molar-refractivity contribution in [2.75, 3.05) is 11.9 Å². The van der Waals surface area contributed by atoms with E-state index in [0.29, 0.717) is 17.3 Å². The molecule has 138 valence electrons. The summed E-state index contributed by atoms with van der Waals surface area (Å²) in [4.78, 5) is 23.8. The van der Waals surface area contributed by atoms with Crippen molar-refractivity contribution >= 4 is 17.6 Å². The lowest BCUT2D eigenvalue weighted by Gasteiger charge is -2.10. The van der Waals surface area contributed by atoms with Crippen LogP contribution in [-0.4, -0.2) is 28.7 Å². The molecule has 0 radical (unpaired) electrons. The first kappa shape index (κ1) is 18.1. The molecule has 0 fully saturated rings. The Balaban J connectivity index is 1.48. The molecule has 3 rings (SSSR count). The number of amides is 3. The first-order chi connectivity index (χ1) is 13.0. The molecule has 1 aromatic heterocycles. The van der Waals surface area contributed by atoms with E-state index in [1.54, 1.807) is 30.3 Å². The molecule has 2 N–H and O–H groups in total. The number of carbonyl (C=O) groups excluding carboxylic acids is 2. The molecular formula is C19H18N4O4. The lowest BCUT2D eigenvalue weighted by molar-refractivity contribution is -0.121. The fourth-order valence-corrected chi connectivity index (χ4v) is 2.41. The number of anilines is 1. The van der Waals surface area contributed by atoms with Crippen LogP contribution >= 0.6 is 0 Å². The van der Waals surface area contributed by atoms with E-state index in [2.05, 4.69) is 20.8 Å². The molecule has 2 aromatic carbocycles. The van der Waals surface area contributed by atoms with Gasteiger partial charge in [-0.3, -0.25) is 10.1 Å². The number of hydrogen-bond donors (Lipinski definition) is 2. The van der Waals surface area contributed by atoms with E-state index in [1.165, 1.54) is 6.39 Å². The number of imide groups is 1. The Kier molecular flexibility index (Phi) is 5.46. The van der Waals surface area contributed by atoms with Crippen LogP contribution in [0.25, 0.3) is 11.5 Å². The predicted molar refractivity (Wildman–Crippen MR) is 98.3 cm³/mol. The first-order valence-electron chi connectivity index (χ1n) is 8.19. The van der Waals surface area contributed by atoms with Crippen LogP contribution in [-0.2, 0) is 4.79 Å². The van der Waals surface area contributed by atoms with Gasteiger partial charge in [-0.2, -0.15) is 0 Å². The van der Waals surface area contributed by atoms with Crippen molar-refractivity contribution in [2.45, 2.75) is 13.8 Å². The highest BCUT2D eigenvalue weighted by Crippen LogP contribution is 2.20. The lowest BCUT2D eigenvalue weighted by Crippen LogP contribution is -2.37. The van der Waals surface area contributed by atoms with E-state index in [4.69, 9.17) is 9.15 Å². The topological polar surface area (TPSA) is 106 Å². The molecule has 27 heavy (non-hydrogen) atoms. The summed E-state index contributed by atoms with van der Waals surface area (Å²) < 4.78 is 10.5. The van der Waals surface area contributed by atoms with Gasteiger partial charge in [-0.05, 0) is 49.7 Å². The van der Waals surface area contributed by atoms with Crippen molar-refractivity contribution < 1.29 is 18.7 Å². The number of aromatic nitrogens is 2. The summed E-state index contributed by atoms with van der Waals surface area (Å²) >= 11 is 0. The molecule has 1 heterocycles. The third-order valence-corrected chi connectivity index (χ3v) is 3.71. The molecule has 0 unspecified atom stereocenters. The largest absolute Gasteiger partial charge is 0.484 e. The average Bonchev–Trinajstić information content (AvgIpc) is 3.17. The number of hydrogen-bond acceptors (Lipinski definition) is 6. The molecule has 0 bridgehead atoms. The number of nitrogens with one attached hydrogen (secondary N) is 2. The maximum Gasteiger partial charge on any atom is 0.325 e. The average molecular weight is 366 g/mol. The molecule has 3 aromatic rings. The minimum atomic E-state index is -0.609. The summed E-state index contributed by atoms with van der Waals surface area (Å²) in [5.41, 5.74) is 3.38. The van der Waals surface area contributed by atoms with Crippen LogP contribution in [0.4, 0.5) is 10.5 Å². The maximum absolute atomic E-state index is 11.9. The second-order valence-corrected chi connectivity index (χ2v) is 5.88. The Bertz CT molecular complexity index is 937. The zero-order chi connectivity index (χ0) is 19.2. The minimum Gasteiger partial charge on any atom is -0.484 e. The summed E-state index contributed by atoms with van der Waals surface area (Å²) in [6.45, 7) is 3.55. The Morgan fingerprint density at radius 3 is 2.56 bits per heavy atom. The highest BCUT2D eigenvalue weighted by molar-refractivity contribution is 6.01. The summed E-state index contributed by atoms with van der Waals surface area (Å²) in [5.74, 6) is 0.309. The Hall–Kier alpha value is -3.68. The molecule has 8 heteroatoms. The van der Waals surface area contributed by atoms with Gasteiger partial charge < -0.3 is 14.5 Å². The van der Waals surface area contributed by atoms with Crippen LogP contribution in [0.1, 0.15) is 11.1 Å². The van der Waals surface area contributed by atoms with Crippen molar-refractivity contribution in [3.63, 3.8) is 0 Å². The summed E-state index contributed by atoms with van der Waals surface area (Å²) in [6.07, 6.45) is 1.24. The molecule has 8 nitrogen and oxygen atoms in total. The third kappa shape index (κ3) is 4.91. The van der Waals surface area contributed by atoms with E-state index in [-0.39, 0.29) is 6.61 Å². The van der Waals surface area contributed by atoms with E-state index in [9.17, 15) is 9.59 Å². The van der Waals surface area contributed by atoms with Gasteiger partial charge in [0.15, 0.2) is 6.61 Å². The van der Waals surface area contributed by atoms with Gasteiger partial charge >= 0.3 is 6.03 Å². The number of nitrogens with zero attached hydrogens (tertiary/aromatic N) is 2. The monoisotopic (exact) mass is 366 g/mol. The van der Waals surface area contributed by atoms with Gasteiger partial charge in [0.2, 0.25) is 12.3 Å². The van der Waals surface area contributed by atoms with Crippen molar-refractivity contribution in [2.24, 2.45) is 0 Å². The SMILES string of the molecule is Cc1ccc(NC(=O)NC(=O)COc2ccc(-c3nnco3)cc2)c(C)c1. The quantitative estimate of drug-likeness (QED) is 0.719. The molecule has 3 amide bonds. The molecule has 0 aliphatic heterocycles. The van der Waals surface area contributed by atoms with E-state index in [0.717, 1.165) is 16.7 Å². The number of aryl methyl sites for hydroxylation is 2. The van der Waals surface area contributed by atoms with Gasteiger partial charge in [0.25, 0.3) is 5.91 Å². The van der Waals surface area contributed by atoms with Crippen LogP contribution in [0, 0.1) is 13.8 Å². The molecule has 0 aliphatic carbocycles. The van der Waals surface area contributed by atoms with Gasteiger partial charge in [0.1, 0.15) is 5.75 Å². The normalized spacial score (nSPS) is 10.3. The summed E-state index contributed by atoms with van der Waals surface area (Å²) in [7, 11) is 0. The molecule has 0 aliphatic rings. The van der Waals surface area contributed by atoms with E-state index >= 15 is 0 Å². The number of benzene rings is 2. The van der Waals surface area contributed by atoms with Crippen LogP contribution in [0.3, 0.4) is 0 Å². The van der Waals surface area contributed by atoms with Crippen molar-refractivity contribution in [1.82, 2.24) is 15.5 Å². The fraction of sp³-hybridized carbons (Fsp3) is 0.158. The highest BCUT2D eigenvalue weighted by Gasteiger charge is 2.10. The minimum absolute atomic E-state index is 0.291. The van der Waals surface area contributed by atoms with Gasteiger partial charge in [-0.15, -0.1) is 10.2 Å². The molecule has 0 atom stereocenters. The number of urea groups is 1. The van der Waals surface area contributed by atoms with Gasteiger partial charge in [-0.25, -0.2) is 4.79 Å². The molecular weight excluding hydrogens is 348 g/mol. The zero-order valence-electron chi connectivity index (χ0n) is 14.9. The summed E-state index contributed by atoms with van der Waals surface area (Å²) in [5, 5.41) is 12.3. The van der Waals surface area contributed by atoms with Crippen molar-refractivity contribution in [1.29, 1.82) is 0 Å². The van der Waals surface area contributed by atoms with Crippen LogP contribution in [0.15, 0.2) is 53.3 Å². The number of ether oxygens (including phenoxy) is 1. The van der Waals surface area contributed by atoms with E-state index < -0.39 is 11.9 Å². The number of rotatable bonds is 5. The standard InChI is InChI=1S/C19H18N4O4/c1-12-3-8-16(13(2)9-12)21-19(25)22-17(24)10-26-15-6-4-14(5-7-15)18-23-20-11-27-18/h3-9,11H,10H2,1-2H3,(H2,21,22,24,25). The lowest BCUT2D eigenvalue weighted by atomic mass is 10.1.